The number of nitrogens with zero attached hydrogens (tertiary/aromatic N) is 7. The van der Waals surface area contributed by atoms with Crippen LogP contribution < -0.4 is 29.1 Å². The van der Waals surface area contributed by atoms with Gasteiger partial charge in [-0.2, -0.15) is 0 Å². The van der Waals surface area contributed by atoms with Crippen molar-refractivity contribution in [1.82, 2.24) is 29.9 Å². The molecule has 0 bridgehead atoms. The van der Waals surface area contributed by atoms with Crippen molar-refractivity contribution in [2.75, 3.05) is 75.6 Å². The highest BCUT2D eigenvalue weighted by molar-refractivity contribution is 7.93. The number of nitrogens with one attached hydrogen (secondary N) is 1. The van der Waals surface area contributed by atoms with E-state index in [1.807, 2.05) is 168 Å². The van der Waals surface area contributed by atoms with Gasteiger partial charge in [0.05, 0.1) is 71.5 Å². The average molecular weight is 1960 g/mol. The number of likely N-dealkylation sites (tertiary alicyclic amines) is 1. The standard InChI is InChI=1S/C14H17NO2.C14H21NOS.C14H17NO.C14H20O.C13H18N2.C13H19NO2S.C13H17NO.C13H21N.C12H17NO2/c1-14(2,3)13-9-12(17-15-13)10-7-5-6-8-11(10)16-4;1-14(2,3)11-6-4-8-15(10-11)13(16)12-7-5-9-17-12;1-10-12(14(2,3)4)15-13(16-10)11-8-6-5-7-9-11;1-14(2,3)12-9-11(12)10-7-5-6-8-13(10)15-4;1-13(2,3)9-8-12-14-10-6-4-5-7-11(10)15-12;1-13(2,3)11-6-4-7-12(10-11)14-8-5-9-17(14,15)16;1-13(2,3)9-14-11-7-5-4-6-10(11)8-12(14)15;1-13(2,3)11-14(4)10-12-8-6-5-7-9-12;1-12(2,3)8-15-10-6-4-9(5-7-10)11(13)14/h5-9H,1-4H3;5,7,9,11H,4,6,8,10H2,1-3H3;5-9H,1-4H3;5-8,11-12H,9H2,1-4H3;4-7H,8-9H2,1-3H3,(H,14,15);4,6-7,10H,5,8-9H2,1-3H3;4-7H,8-9H2,1-3H3;5-9H,10-11H2,1-4H3;4-7H,8H2,1-3H3,(H2,13,14). The Morgan fingerprint density at radius 3 is 1.75 bits per heavy atom. The largest absolute Gasteiger partial charge is 0.496 e. The fraction of sp³-hybridized carbons (Fsp3) is 0.483. The molecule has 3 unspecified atom stereocenters. The summed E-state index contributed by atoms with van der Waals surface area (Å²) in [4.78, 5) is 54.6. The first-order valence-electron chi connectivity index (χ1n) is 50.0. The number of methoxy groups -OCH3 is 2. The number of oxazole rings is 1. The van der Waals surface area contributed by atoms with Crippen LogP contribution in [0.5, 0.6) is 17.2 Å². The second-order valence-electron chi connectivity index (χ2n) is 47.7. The van der Waals surface area contributed by atoms with Gasteiger partial charge in [-0.15, -0.1) is 11.3 Å². The van der Waals surface area contributed by atoms with Crippen molar-refractivity contribution in [3.05, 3.63) is 286 Å². The normalized spacial score (nSPS) is 15.7. The Morgan fingerprint density at radius 1 is 0.603 bits per heavy atom. The highest BCUT2D eigenvalue weighted by Crippen LogP contribution is 2.58. The highest BCUT2D eigenvalue weighted by Gasteiger charge is 2.47. The number of thiophene rings is 1. The lowest BCUT2D eigenvalue weighted by atomic mass is 9.76. The summed E-state index contributed by atoms with van der Waals surface area (Å²) < 4.78 is 52.6. The first kappa shape index (κ1) is 115. The number of aromatic amines is 1. The van der Waals surface area contributed by atoms with E-state index in [0.717, 1.165) is 160 Å². The van der Waals surface area contributed by atoms with Crippen molar-refractivity contribution >= 4 is 61.5 Å². The van der Waals surface area contributed by atoms with E-state index in [9.17, 15) is 22.8 Å². The summed E-state index contributed by atoms with van der Waals surface area (Å²) in [5.74, 6) is 8.51. The zero-order valence-corrected chi connectivity index (χ0v) is 92.5. The number of aryl methyl sites for hydroxylation is 2. The molecule has 764 valence electrons. The molecule has 19 nitrogen and oxygen atoms in total. The number of sulfonamides is 1. The van der Waals surface area contributed by atoms with Gasteiger partial charge in [-0.1, -0.05) is 319 Å². The third kappa shape index (κ3) is 37.9. The number of aromatic nitrogens is 4. The molecule has 2 saturated heterocycles. The van der Waals surface area contributed by atoms with Crippen LogP contribution in [0.15, 0.2) is 239 Å². The van der Waals surface area contributed by atoms with E-state index < -0.39 is 15.9 Å². The summed E-state index contributed by atoms with van der Waals surface area (Å²) in [6.45, 7) is 67.3. The quantitative estimate of drug-likeness (QED) is 0.0916. The van der Waals surface area contributed by atoms with Gasteiger partial charge in [0.2, 0.25) is 27.7 Å². The Kier molecular flexibility index (Phi) is 41.0. The van der Waals surface area contributed by atoms with Crippen LogP contribution in [0.3, 0.4) is 0 Å². The van der Waals surface area contributed by atoms with E-state index in [0.29, 0.717) is 64.5 Å². The molecule has 3 N–H and O–H groups in total. The zero-order chi connectivity index (χ0) is 104. The molecule has 3 amide bonds. The van der Waals surface area contributed by atoms with Crippen LogP contribution in [0.2, 0.25) is 0 Å². The molecule has 1 saturated carbocycles. The summed E-state index contributed by atoms with van der Waals surface area (Å²) in [5.41, 5.74) is 20.6. The number of nitrogens with two attached hydrogens (primary N) is 1. The molecule has 4 aromatic heterocycles. The number of carbonyl (C=O) groups is 3. The number of H-pyrrole nitrogens is 1. The van der Waals surface area contributed by atoms with Gasteiger partial charge < -0.3 is 48.6 Å². The van der Waals surface area contributed by atoms with Gasteiger partial charge in [-0.3, -0.25) is 18.7 Å². The van der Waals surface area contributed by atoms with Crippen LogP contribution in [0.1, 0.15) is 290 Å². The Hall–Kier alpha value is -11.1. The van der Waals surface area contributed by atoms with Crippen molar-refractivity contribution in [2.24, 2.45) is 50.1 Å². The number of fused-ring (bicyclic) bond motifs is 2. The first-order chi connectivity index (χ1) is 65.7. The first-order valence-corrected chi connectivity index (χ1v) is 52.5. The van der Waals surface area contributed by atoms with Gasteiger partial charge in [0.25, 0.3) is 5.91 Å². The lowest BCUT2D eigenvalue weighted by Crippen LogP contribution is -2.43. The molecule has 3 atom stereocenters. The molecule has 21 heteroatoms. The van der Waals surface area contributed by atoms with E-state index in [1.54, 1.807) is 49.8 Å². The Labute approximate surface area is 850 Å². The van der Waals surface area contributed by atoms with Gasteiger partial charge in [-0.05, 0) is 220 Å². The highest BCUT2D eigenvalue weighted by atomic mass is 32.2. The number of rotatable bonds is 16. The molecule has 0 radical (unpaired) electrons. The van der Waals surface area contributed by atoms with Crippen LogP contribution in [-0.2, 0) is 50.4 Å². The number of para-hydroxylation sites is 5. The number of ether oxygens (including phenoxy) is 3. The second-order valence-corrected chi connectivity index (χ2v) is 50.6. The van der Waals surface area contributed by atoms with Crippen molar-refractivity contribution < 1.29 is 46.0 Å². The summed E-state index contributed by atoms with van der Waals surface area (Å²) in [7, 11) is 2.52. The predicted molar refractivity (Wildman–Crippen MR) is 587 cm³/mol. The van der Waals surface area contributed by atoms with Gasteiger partial charge in [0, 0.05) is 79.4 Å². The number of hydrogen-bond acceptors (Lipinski definition) is 15. The Bertz CT molecular complexity index is 5940. The van der Waals surface area contributed by atoms with E-state index in [4.69, 9.17) is 28.9 Å². The second kappa shape index (κ2) is 50.2. The van der Waals surface area contributed by atoms with E-state index in [-0.39, 0.29) is 44.6 Å². The molecular weight excluding hydrogens is 1790 g/mol. The van der Waals surface area contributed by atoms with Gasteiger partial charge >= 0.3 is 0 Å². The minimum atomic E-state index is -3.07. The number of primary amides is 1. The van der Waals surface area contributed by atoms with Gasteiger partial charge in [0.1, 0.15) is 28.8 Å². The molecule has 8 aromatic carbocycles. The van der Waals surface area contributed by atoms with Crippen LogP contribution >= 0.6 is 11.3 Å². The van der Waals surface area contributed by atoms with Gasteiger partial charge in [-0.25, -0.2) is 18.4 Å². The lowest BCUT2D eigenvalue weighted by molar-refractivity contribution is -0.117. The molecule has 3 aliphatic heterocycles. The molecular formula is C120H167N9O10S2. The summed E-state index contributed by atoms with van der Waals surface area (Å²) in [6, 6.07) is 73.6. The number of benzene rings is 8. The fourth-order valence-corrected chi connectivity index (χ4v) is 19.0. The third-order valence-electron chi connectivity index (χ3n) is 24.3. The van der Waals surface area contributed by atoms with Crippen LogP contribution in [-0.4, -0.2) is 122 Å². The maximum atomic E-state index is 12.3. The number of piperidine rings is 1. The smallest absolute Gasteiger partial charge is 0.263 e. The number of amides is 3. The molecule has 1 aliphatic carbocycles. The van der Waals surface area contributed by atoms with Crippen LogP contribution in [0, 0.1) is 51.2 Å². The fourth-order valence-electron chi connectivity index (χ4n) is 16.7. The zero-order valence-electron chi connectivity index (χ0n) is 90.9. The maximum Gasteiger partial charge on any atom is 0.263 e. The minimum absolute atomic E-state index is 0.0102. The SMILES string of the molecule is CC(C)(C)C1CCCN(C(=O)c2cccs2)C1.CC(C)(C)CCc1nc2ccccc2[nH]1.CC(C)(C)CN1C(=O)Cc2ccccc21.CC(C)(C)COc1ccc(C(N)=O)cc1.CC(C)(C)c1cccc(N2CCCS2(=O)=O)c1.CN(Cc1ccccc1)CC(C)(C)C.COc1ccccc1-c1cc(C(C)(C)C)no1.COc1ccccc1C1CC1C(C)(C)C.Cc1oc(-c2ccccc2)nc1C(C)(C)C. The molecule has 4 aliphatic rings. The molecule has 3 fully saturated rings. The van der Waals surface area contributed by atoms with E-state index >= 15 is 0 Å². The molecule has 0 spiro atoms. The van der Waals surface area contributed by atoms with Crippen molar-refractivity contribution in [1.29, 1.82) is 0 Å². The van der Waals surface area contributed by atoms with Crippen molar-refractivity contribution in [2.45, 2.75) is 268 Å². The number of hydrogen-bond donors (Lipinski definition) is 2. The number of anilines is 2. The van der Waals surface area contributed by atoms with Crippen molar-refractivity contribution in [3.8, 4) is 40.0 Å². The van der Waals surface area contributed by atoms with E-state index in [1.165, 1.54) is 28.3 Å². The van der Waals surface area contributed by atoms with E-state index in [2.05, 4.69) is 274 Å². The lowest BCUT2D eigenvalue weighted by Gasteiger charge is -2.39. The molecule has 7 heterocycles. The monoisotopic (exact) mass is 1960 g/mol. The minimum Gasteiger partial charge on any atom is -0.496 e. The Balaban J connectivity index is 0.000000194. The summed E-state index contributed by atoms with van der Waals surface area (Å²) in [6.07, 6.45) is 7.17. The molecule has 141 heavy (non-hydrogen) atoms. The van der Waals surface area contributed by atoms with Gasteiger partial charge in [0.15, 0.2) is 5.76 Å². The Morgan fingerprint density at radius 2 is 1.21 bits per heavy atom. The molecule has 12 aromatic rings. The summed E-state index contributed by atoms with van der Waals surface area (Å²) >= 11 is 1.54. The molecule has 16 rings (SSSR count). The predicted octanol–water partition coefficient (Wildman–Crippen LogP) is 29.1. The van der Waals surface area contributed by atoms with Crippen molar-refractivity contribution in [3.63, 3.8) is 0 Å². The summed E-state index contributed by atoms with van der Waals surface area (Å²) in [5, 5.41) is 6.08. The van der Waals surface area contributed by atoms with Crippen LogP contribution in [0.4, 0.5) is 11.4 Å². The third-order valence-corrected chi connectivity index (χ3v) is 27.1. The average Bonchev–Trinajstić information content (AvgIpc) is 1.61. The van der Waals surface area contributed by atoms with Crippen LogP contribution in [0.25, 0.3) is 33.8 Å². The number of imidazole rings is 1. The number of carbonyl (C=O) groups excluding carboxylic acids is 3. The maximum absolute atomic E-state index is 12.3. The topological polar surface area (TPSA) is 233 Å².